The molecular formula is C17H28N2OS. The number of aliphatic hydroxyl groups excluding tert-OH is 1. The van der Waals surface area contributed by atoms with E-state index in [1.807, 2.05) is 11.8 Å². The second kappa shape index (κ2) is 7.63. The van der Waals surface area contributed by atoms with Crippen molar-refractivity contribution in [3.63, 3.8) is 0 Å². The second-order valence-electron chi connectivity index (χ2n) is 6.18. The van der Waals surface area contributed by atoms with Gasteiger partial charge in [0.1, 0.15) is 0 Å². The maximum absolute atomic E-state index is 10.9. The first-order valence-electron chi connectivity index (χ1n) is 7.89. The molecule has 2 rings (SSSR count). The number of nitrogens with zero attached hydrogens (tertiary/aromatic N) is 1. The fraction of sp³-hybridized carbons (Fsp3) is 0.647. The Labute approximate surface area is 133 Å². The zero-order valence-electron chi connectivity index (χ0n) is 13.6. The van der Waals surface area contributed by atoms with E-state index in [9.17, 15) is 5.11 Å². The first-order valence-corrected chi connectivity index (χ1v) is 8.77. The van der Waals surface area contributed by atoms with E-state index >= 15 is 0 Å². The molecule has 2 atom stereocenters. The molecule has 1 heterocycles. The van der Waals surface area contributed by atoms with Crippen LogP contribution in [0, 0.1) is 6.92 Å². The van der Waals surface area contributed by atoms with E-state index in [-0.39, 0.29) is 6.04 Å². The summed E-state index contributed by atoms with van der Waals surface area (Å²) in [5.74, 6) is 0. The van der Waals surface area contributed by atoms with Crippen LogP contribution in [0.15, 0.2) is 23.1 Å². The van der Waals surface area contributed by atoms with Gasteiger partial charge in [0, 0.05) is 42.4 Å². The lowest BCUT2D eigenvalue weighted by Gasteiger charge is -2.36. The molecule has 21 heavy (non-hydrogen) atoms. The van der Waals surface area contributed by atoms with Crippen molar-refractivity contribution < 1.29 is 5.11 Å². The van der Waals surface area contributed by atoms with E-state index < -0.39 is 6.10 Å². The standard InChI is InChI=1S/C17H28N2OS/c1-12(2)21-16-6-5-13(3)11-15(16)17(20)14(4)19-9-7-18-8-10-19/h5-6,11-12,14,17-18,20H,7-10H2,1-4H3. The van der Waals surface area contributed by atoms with Gasteiger partial charge in [0.25, 0.3) is 0 Å². The summed E-state index contributed by atoms with van der Waals surface area (Å²) in [4.78, 5) is 3.60. The van der Waals surface area contributed by atoms with Crippen molar-refractivity contribution in [1.29, 1.82) is 0 Å². The summed E-state index contributed by atoms with van der Waals surface area (Å²) in [6, 6.07) is 6.59. The number of benzene rings is 1. The van der Waals surface area contributed by atoms with E-state index in [2.05, 4.69) is 56.1 Å². The SMILES string of the molecule is Cc1ccc(SC(C)C)c(C(O)C(C)N2CCNCC2)c1. The summed E-state index contributed by atoms with van der Waals surface area (Å²) in [5, 5.41) is 14.8. The fourth-order valence-electron chi connectivity index (χ4n) is 2.81. The number of thioether (sulfide) groups is 1. The Kier molecular flexibility index (Phi) is 6.11. The van der Waals surface area contributed by atoms with Crippen LogP contribution in [-0.4, -0.2) is 47.5 Å². The fourth-order valence-corrected chi connectivity index (χ4v) is 3.78. The Morgan fingerprint density at radius 3 is 2.48 bits per heavy atom. The molecule has 1 aliphatic rings. The minimum Gasteiger partial charge on any atom is -0.387 e. The third-order valence-corrected chi connectivity index (χ3v) is 5.13. The highest BCUT2D eigenvalue weighted by Crippen LogP contribution is 2.33. The lowest BCUT2D eigenvalue weighted by Crippen LogP contribution is -2.49. The number of piperazine rings is 1. The molecule has 118 valence electrons. The second-order valence-corrected chi connectivity index (χ2v) is 7.80. The zero-order valence-corrected chi connectivity index (χ0v) is 14.4. The van der Waals surface area contributed by atoms with Gasteiger partial charge in [-0.3, -0.25) is 4.90 Å². The van der Waals surface area contributed by atoms with Gasteiger partial charge in [-0.1, -0.05) is 31.5 Å². The quantitative estimate of drug-likeness (QED) is 0.820. The minimum atomic E-state index is -0.427. The largest absolute Gasteiger partial charge is 0.387 e. The van der Waals surface area contributed by atoms with Crippen LogP contribution in [0.4, 0.5) is 0 Å². The van der Waals surface area contributed by atoms with Crippen molar-refractivity contribution in [2.75, 3.05) is 26.2 Å². The molecule has 0 radical (unpaired) electrons. The van der Waals surface area contributed by atoms with Crippen molar-refractivity contribution in [3.05, 3.63) is 29.3 Å². The number of hydrogen-bond acceptors (Lipinski definition) is 4. The molecule has 0 saturated carbocycles. The van der Waals surface area contributed by atoms with Crippen LogP contribution in [0.25, 0.3) is 0 Å². The normalized spacial score (nSPS) is 19.7. The monoisotopic (exact) mass is 308 g/mol. The number of nitrogens with one attached hydrogen (secondary N) is 1. The Bertz CT molecular complexity index is 458. The average molecular weight is 308 g/mol. The zero-order chi connectivity index (χ0) is 15.4. The molecule has 1 aromatic carbocycles. The Hall–Kier alpha value is -0.550. The molecule has 0 spiro atoms. The van der Waals surface area contributed by atoms with E-state index in [4.69, 9.17) is 0 Å². The molecule has 4 heteroatoms. The highest BCUT2D eigenvalue weighted by molar-refractivity contribution is 8.00. The van der Waals surface area contributed by atoms with E-state index in [0.717, 1.165) is 31.7 Å². The topological polar surface area (TPSA) is 35.5 Å². The maximum atomic E-state index is 10.9. The molecular weight excluding hydrogens is 280 g/mol. The van der Waals surface area contributed by atoms with Gasteiger partial charge >= 0.3 is 0 Å². The number of rotatable bonds is 5. The van der Waals surface area contributed by atoms with Crippen LogP contribution in [0.5, 0.6) is 0 Å². The van der Waals surface area contributed by atoms with Gasteiger partial charge < -0.3 is 10.4 Å². The predicted octanol–water partition coefficient (Wildman–Crippen LogP) is 2.82. The first-order chi connectivity index (χ1) is 9.99. The van der Waals surface area contributed by atoms with Crippen LogP contribution in [0.3, 0.4) is 0 Å². The molecule has 1 aromatic rings. The molecule has 1 fully saturated rings. The Morgan fingerprint density at radius 1 is 1.19 bits per heavy atom. The molecule has 2 N–H and O–H groups in total. The highest BCUT2D eigenvalue weighted by Gasteiger charge is 2.26. The van der Waals surface area contributed by atoms with Gasteiger partial charge in [-0.25, -0.2) is 0 Å². The van der Waals surface area contributed by atoms with Gasteiger partial charge in [-0.15, -0.1) is 11.8 Å². The van der Waals surface area contributed by atoms with Gasteiger partial charge in [0.15, 0.2) is 0 Å². The minimum absolute atomic E-state index is 0.153. The van der Waals surface area contributed by atoms with Gasteiger partial charge in [0.05, 0.1) is 6.10 Å². The lowest BCUT2D eigenvalue weighted by atomic mass is 10.00. The molecule has 3 nitrogen and oxygen atoms in total. The molecule has 1 saturated heterocycles. The van der Waals surface area contributed by atoms with E-state index in [1.165, 1.54) is 10.5 Å². The van der Waals surface area contributed by atoms with Crippen LogP contribution in [0.2, 0.25) is 0 Å². The van der Waals surface area contributed by atoms with Crippen LogP contribution in [0.1, 0.15) is 38.0 Å². The number of aryl methyl sites for hydroxylation is 1. The highest BCUT2D eigenvalue weighted by atomic mass is 32.2. The molecule has 0 amide bonds. The summed E-state index contributed by atoms with van der Waals surface area (Å²) >= 11 is 1.84. The molecule has 0 bridgehead atoms. The Morgan fingerprint density at radius 2 is 1.86 bits per heavy atom. The van der Waals surface area contributed by atoms with Gasteiger partial charge in [-0.2, -0.15) is 0 Å². The van der Waals surface area contributed by atoms with Crippen molar-refractivity contribution in [1.82, 2.24) is 10.2 Å². The van der Waals surface area contributed by atoms with Crippen molar-refractivity contribution >= 4 is 11.8 Å². The summed E-state index contributed by atoms with van der Waals surface area (Å²) in [6.45, 7) is 12.7. The van der Waals surface area contributed by atoms with E-state index in [0.29, 0.717) is 5.25 Å². The third kappa shape index (κ3) is 4.46. The summed E-state index contributed by atoms with van der Waals surface area (Å²) in [5.41, 5.74) is 2.30. The molecule has 0 aliphatic carbocycles. The smallest absolute Gasteiger partial charge is 0.0953 e. The molecule has 2 unspecified atom stereocenters. The van der Waals surface area contributed by atoms with E-state index in [1.54, 1.807) is 0 Å². The number of aliphatic hydroxyl groups is 1. The maximum Gasteiger partial charge on any atom is 0.0953 e. The van der Waals surface area contributed by atoms with Crippen LogP contribution < -0.4 is 5.32 Å². The summed E-state index contributed by atoms with van der Waals surface area (Å²) < 4.78 is 0. The van der Waals surface area contributed by atoms with Crippen LogP contribution >= 0.6 is 11.8 Å². The predicted molar refractivity (Wildman–Crippen MR) is 91.0 cm³/mol. The Balaban J connectivity index is 2.19. The first kappa shape index (κ1) is 16.8. The van der Waals surface area contributed by atoms with Crippen LogP contribution in [-0.2, 0) is 0 Å². The molecule has 0 aromatic heterocycles. The third-order valence-electron chi connectivity index (χ3n) is 4.03. The van der Waals surface area contributed by atoms with Crippen molar-refractivity contribution in [2.24, 2.45) is 0 Å². The summed E-state index contributed by atoms with van der Waals surface area (Å²) in [7, 11) is 0. The average Bonchev–Trinajstić information content (AvgIpc) is 2.48. The summed E-state index contributed by atoms with van der Waals surface area (Å²) in [6.07, 6.45) is -0.427. The lowest BCUT2D eigenvalue weighted by molar-refractivity contribution is 0.0494. The van der Waals surface area contributed by atoms with Crippen molar-refractivity contribution in [3.8, 4) is 0 Å². The molecule has 1 aliphatic heterocycles. The van der Waals surface area contributed by atoms with Gasteiger partial charge in [0.2, 0.25) is 0 Å². The van der Waals surface area contributed by atoms with Gasteiger partial charge in [-0.05, 0) is 25.5 Å². The van der Waals surface area contributed by atoms with Crippen molar-refractivity contribution in [2.45, 2.75) is 50.0 Å². The number of hydrogen-bond donors (Lipinski definition) is 2.